The Hall–Kier alpha value is -1.79. The van der Waals surface area contributed by atoms with Crippen LogP contribution in [-0.4, -0.2) is 67.1 Å². The predicted octanol–water partition coefficient (Wildman–Crippen LogP) is -0.0484. The van der Waals surface area contributed by atoms with Gasteiger partial charge in [-0.3, -0.25) is 9.69 Å². The van der Waals surface area contributed by atoms with Gasteiger partial charge in [0.25, 0.3) is 5.91 Å². The zero-order valence-electron chi connectivity index (χ0n) is 11.8. The number of likely N-dealkylation sites (N-methyl/N-ethyl adjacent to an activating group) is 1. The molecule has 1 aromatic rings. The van der Waals surface area contributed by atoms with Gasteiger partial charge in [-0.25, -0.2) is 0 Å². The number of piperazine rings is 1. The van der Waals surface area contributed by atoms with Crippen LogP contribution < -0.4 is 11.1 Å². The highest BCUT2D eigenvalue weighted by molar-refractivity contribution is 5.99. The Bertz CT molecular complexity index is 470. The molecule has 1 aliphatic heterocycles. The zero-order valence-corrected chi connectivity index (χ0v) is 11.8. The molecular weight excluding hydrogens is 256 g/mol. The molecule has 6 heteroatoms. The number of rotatable bonds is 4. The second-order valence-corrected chi connectivity index (χ2v) is 5.17. The number of carbonyl (C=O) groups excluding carboxylic acids is 1. The summed E-state index contributed by atoms with van der Waals surface area (Å²) >= 11 is 0. The van der Waals surface area contributed by atoms with E-state index in [4.69, 9.17) is 5.73 Å². The van der Waals surface area contributed by atoms with Crippen LogP contribution in [0.15, 0.2) is 18.2 Å². The lowest BCUT2D eigenvalue weighted by molar-refractivity contribution is 0.0941. The van der Waals surface area contributed by atoms with Gasteiger partial charge in [0.2, 0.25) is 0 Å². The number of hydrogen-bond acceptors (Lipinski definition) is 5. The van der Waals surface area contributed by atoms with Crippen molar-refractivity contribution in [3.63, 3.8) is 0 Å². The minimum Gasteiger partial charge on any atom is -0.508 e. The minimum atomic E-state index is -0.243. The summed E-state index contributed by atoms with van der Waals surface area (Å²) in [5.74, 6) is -0.198. The van der Waals surface area contributed by atoms with Gasteiger partial charge < -0.3 is 21.1 Å². The van der Waals surface area contributed by atoms with E-state index in [1.54, 1.807) is 0 Å². The molecule has 1 aliphatic rings. The topological polar surface area (TPSA) is 81.8 Å². The second-order valence-electron chi connectivity index (χ2n) is 5.17. The summed E-state index contributed by atoms with van der Waals surface area (Å²) in [4.78, 5) is 16.6. The monoisotopic (exact) mass is 278 g/mol. The van der Waals surface area contributed by atoms with Gasteiger partial charge in [-0.05, 0) is 25.2 Å². The normalized spacial score (nSPS) is 17.1. The van der Waals surface area contributed by atoms with Crippen molar-refractivity contribution in [1.29, 1.82) is 0 Å². The largest absolute Gasteiger partial charge is 0.508 e. The summed E-state index contributed by atoms with van der Waals surface area (Å²) in [5.41, 5.74) is 6.43. The van der Waals surface area contributed by atoms with Crippen molar-refractivity contribution in [2.75, 3.05) is 52.0 Å². The molecule has 4 N–H and O–H groups in total. The molecule has 0 atom stereocenters. The van der Waals surface area contributed by atoms with Crippen LogP contribution in [0.4, 0.5) is 5.69 Å². The molecule has 0 radical (unpaired) electrons. The number of amides is 1. The number of carbonyl (C=O) groups is 1. The van der Waals surface area contributed by atoms with Gasteiger partial charge in [-0.1, -0.05) is 0 Å². The van der Waals surface area contributed by atoms with Crippen LogP contribution in [0.2, 0.25) is 0 Å². The van der Waals surface area contributed by atoms with Gasteiger partial charge >= 0.3 is 0 Å². The summed E-state index contributed by atoms with van der Waals surface area (Å²) in [6.07, 6.45) is 0. The van der Waals surface area contributed by atoms with Crippen LogP contribution in [0.3, 0.4) is 0 Å². The molecule has 1 saturated heterocycles. The van der Waals surface area contributed by atoms with Crippen molar-refractivity contribution < 1.29 is 9.90 Å². The maximum atomic E-state index is 12.0. The second kappa shape index (κ2) is 6.58. The molecule has 0 bridgehead atoms. The van der Waals surface area contributed by atoms with Crippen molar-refractivity contribution in [2.24, 2.45) is 0 Å². The van der Waals surface area contributed by atoms with Crippen LogP contribution in [-0.2, 0) is 0 Å². The molecular formula is C14H22N4O2. The van der Waals surface area contributed by atoms with Crippen molar-refractivity contribution in [1.82, 2.24) is 15.1 Å². The Morgan fingerprint density at radius 2 is 2.05 bits per heavy atom. The Kier molecular flexibility index (Phi) is 4.81. The highest BCUT2D eigenvalue weighted by Gasteiger charge is 2.14. The quantitative estimate of drug-likeness (QED) is 0.531. The average molecular weight is 278 g/mol. The van der Waals surface area contributed by atoms with E-state index in [-0.39, 0.29) is 11.7 Å². The van der Waals surface area contributed by atoms with Crippen molar-refractivity contribution in [3.8, 4) is 5.75 Å². The number of phenols is 1. The lowest BCUT2D eigenvalue weighted by Crippen LogP contribution is -2.46. The Morgan fingerprint density at radius 3 is 2.75 bits per heavy atom. The Labute approximate surface area is 119 Å². The number of anilines is 1. The van der Waals surface area contributed by atoms with Gasteiger partial charge in [-0.15, -0.1) is 0 Å². The highest BCUT2D eigenvalue weighted by Crippen LogP contribution is 2.18. The molecule has 1 aromatic carbocycles. The highest BCUT2D eigenvalue weighted by atomic mass is 16.3. The van der Waals surface area contributed by atoms with E-state index in [9.17, 15) is 9.90 Å². The third kappa shape index (κ3) is 3.85. The molecule has 1 amide bonds. The van der Waals surface area contributed by atoms with E-state index >= 15 is 0 Å². The van der Waals surface area contributed by atoms with Gasteiger partial charge in [0.1, 0.15) is 5.75 Å². The molecule has 20 heavy (non-hydrogen) atoms. The van der Waals surface area contributed by atoms with Crippen molar-refractivity contribution >= 4 is 11.6 Å². The number of phenolic OH excluding ortho intramolecular Hbond substituents is 1. The lowest BCUT2D eigenvalue weighted by atomic mass is 10.1. The van der Waals surface area contributed by atoms with E-state index in [2.05, 4.69) is 22.2 Å². The fourth-order valence-electron chi connectivity index (χ4n) is 2.24. The van der Waals surface area contributed by atoms with E-state index in [0.29, 0.717) is 17.8 Å². The first-order chi connectivity index (χ1) is 9.56. The predicted molar refractivity (Wildman–Crippen MR) is 78.8 cm³/mol. The third-order valence-electron chi connectivity index (χ3n) is 3.59. The first kappa shape index (κ1) is 14.6. The van der Waals surface area contributed by atoms with Crippen molar-refractivity contribution in [3.05, 3.63) is 23.8 Å². The number of hydrogen-bond donors (Lipinski definition) is 3. The molecule has 0 spiro atoms. The fraction of sp³-hybridized carbons (Fsp3) is 0.500. The van der Waals surface area contributed by atoms with Crippen LogP contribution in [0.1, 0.15) is 10.4 Å². The van der Waals surface area contributed by atoms with Crippen LogP contribution in [0.5, 0.6) is 5.75 Å². The summed E-state index contributed by atoms with van der Waals surface area (Å²) in [5, 5.41) is 12.2. The van der Waals surface area contributed by atoms with Crippen molar-refractivity contribution in [2.45, 2.75) is 0 Å². The molecule has 110 valence electrons. The van der Waals surface area contributed by atoms with E-state index in [1.165, 1.54) is 18.2 Å². The average Bonchev–Trinajstić information content (AvgIpc) is 2.43. The Balaban J connectivity index is 1.79. The van der Waals surface area contributed by atoms with E-state index in [1.807, 2.05) is 0 Å². The zero-order chi connectivity index (χ0) is 14.5. The number of nitrogens with zero attached hydrogens (tertiary/aromatic N) is 2. The van der Waals surface area contributed by atoms with Gasteiger partial charge in [0.05, 0.1) is 5.56 Å². The molecule has 0 aromatic heterocycles. The molecule has 6 nitrogen and oxygen atoms in total. The van der Waals surface area contributed by atoms with E-state index < -0.39 is 0 Å². The van der Waals surface area contributed by atoms with Gasteiger partial charge in [-0.2, -0.15) is 0 Å². The maximum absolute atomic E-state index is 12.0. The third-order valence-corrected chi connectivity index (χ3v) is 3.59. The van der Waals surface area contributed by atoms with Crippen LogP contribution >= 0.6 is 0 Å². The lowest BCUT2D eigenvalue weighted by Gasteiger charge is -2.32. The van der Waals surface area contributed by atoms with Crippen LogP contribution in [0, 0.1) is 0 Å². The Morgan fingerprint density at radius 1 is 1.35 bits per heavy atom. The summed E-state index contributed by atoms with van der Waals surface area (Å²) < 4.78 is 0. The molecule has 0 aliphatic carbocycles. The SMILES string of the molecule is CN1CCN(CCNC(=O)c2cc(O)ccc2N)CC1. The van der Waals surface area contributed by atoms with Gasteiger partial charge in [0, 0.05) is 45.0 Å². The molecule has 0 saturated carbocycles. The fourth-order valence-corrected chi connectivity index (χ4v) is 2.24. The van der Waals surface area contributed by atoms with Crippen LogP contribution in [0.25, 0.3) is 0 Å². The minimum absolute atomic E-state index is 0.0448. The standard InChI is InChI=1S/C14H22N4O2/c1-17-6-8-18(9-7-17)5-4-16-14(20)12-10-11(19)2-3-13(12)15/h2-3,10,19H,4-9,15H2,1H3,(H,16,20). The number of benzene rings is 1. The molecule has 2 rings (SSSR count). The maximum Gasteiger partial charge on any atom is 0.253 e. The number of nitrogen functional groups attached to an aromatic ring is 1. The molecule has 1 fully saturated rings. The summed E-state index contributed by atoms with van der Waals surface area (Å²) in [6, 6.07) is 4.39. The summed E-state index contributed by atoms with van der Waals surface area (Å²) in [7, 11) is 2.11. The molecule has 1 heterocycles. The number of aromatic hydroxyl groups is 1. The van der Waals surface area contributed by atoms with Gasteiger partial charge in [0.15, 0.2) is 0 Å². The first-order valence-corrected chi connectivity index (χ1v) is 6.84. The number of nitrogens with one attached hydrogen (secondary N) is 1. The first-order valence-electron chi connectivity index (χ1n) is 6.84. The number of nitrogens with two attached hydrogens (primary N) is 1. The summed E-state index contributed by atoms with van der Waals surface area (Å²) in [6.45, 7) is 5.60. The molecule has 0 unspecified atom stereocenters. The van der Waals surface area contributed by atoms with E-state index in [0.717, 1.165) is 32.7 Å². The smallest absolute Gasteiger partial charge is 0.253 e.